The quantitative estimate of drug-likeness (QED) is 0.280. The molecule has 1 amide bonds. The number of hydrogen-bond acceptors (Lipinski definition) is 5. The molecule has 8 nitrogen and oxygen atoms in total. The smallest absolute Gasteiger partial charge is 0.410 e. The second-order valence-corrected chi connectivity index (χ2v) is 8.09. The maximum atomic E-state index is 12.2. The average Bonchev–Trinajstić information content (AvgIpc) is 3.05. The van der Waals surface area contributed by atoms with Gasteiger partial charge in [-0.15, -0.1) is 24.0 Å². The molecule has 2 N–H and O–H groups in total. The zero-order valence-electron chi connectivity index (χ0n) is 19.8. The SMILES string of the molecule is CCNC(=NCc1c(CC)noc1CC)NCCC(C)N(C)C(=O)OC(C)(C)C.I. The van der Waals surface area contributed by atoms with Crippen molar-refractivity contribution in [3.63, 3.8) is 0 Å². The third kappa shape index (κ3) is 9.53. The predicted molar refractivity (Wildman–Crippen MR) is 132 cm³/mol. The molecule has 0 saturated heterocycles. The zero-order valence-corrected chi connectivity index (χ0v) is 22.1. The summed E-state index contributed by atoms with van der Waals surface area (Å²) < 4.78 is 10.8. The van der Waals surface area contributed by atoms with Gasteiger partial charge >= 0.3 is 6.09 Å². The number of hydrogen-bond donors (Lipinski definition) is 2. The maximum absolute atomic E-state index is 12.2. The molecule has 1 rings (SSSR count). The van der Waals surface area contributed by atoms with Crippen LogP contribution >= 0.6 is 24.0 Å². The van der Waals surface area contributed by atoms with Crippen LogP contribution in [-0.2, 0) is 24.1 Å². The Hall–Kier alpha value is -1.52. The Labute approximate surface area is 198 Å². The van der Waals surface area contributed by atoms with Crippen molar-refractivity contribution in [1.82, 2.24) is 20.7 Å². The van der Waals surface area contributed by atoms with Crippen LogP contribution in [0.4, 0.5) is 4.79 Å². The molecule has 0 aliphatic rings. The Balaban J connectivity index is 0.00000841. The number of rotatable bonds is 9. The lowest BCUT2D eigenvalue weighted by molar-refractivity contribution is 0.0230. The van der Waals surface area contributed by atoms with Crippen molar-refractivity contribution in [2.24, 2.45) is 4.99 Å². The number of aromatic nitrogens is 1. The molecule has 0 radical (unpaired) electrons. The number of carbonyl (C=O) groups is 1. The van der Waals surface area contributed by atoms with Gasteiger partial charge in [-0.05, 0) is 47.5 Å². The van der Waals surface area contributed by atoms with Crippen LogP contribution in [0.1, 0.15) is 71.9 Å². The average molecular weight is 537 g/mol. The minimum atomic E-state index is -0.495. The van der Waals surface area contributed by atoms with Gasteiger partial charge in [-0.3, -0.25) is 0 Å². The summed E-state index contributed by atoms with van der Waals surface area (Å²) in [6.45, 7) is 15.7. The lowest BCUT2D eigenvalue weighted by atomic mass is 10.1. The minimum Gasteiger partial charge on any atom is -0.444 e. The predicted octanol–water partition coefficient (Wildman–Crippen LogP) is 4.12. The van der Waals surface area contributed by atoms with Crippen molar-refractivity contribution in [3.05, 3.63) is 17.0 Å². The molecule has 1 aromatic heterocycles. The number of halogens is 1. The van der Waals surface area contributed by atoms with Gasteiger partial charge in [0.2, 0.25) is 0 Å². The summed E-state index contributed by atoms with van der Waals surface area (Å²) in [5.41, 5.74) is 1.55. The number of amides is 1. The van der Waals surface area contributed by atoms with Crippen molar-refractivity contribution in [2.45, 2.75) is 85.9 Å². The fourth-order valence-corrected chi connectivity index (χ4v) is 2.72. The number of aliphatic imine (C=N–C) groups is 1. The monoisotopic (exact) mass is 537 g/mol. The Bertz CT molecular complexity index is 649. The Morgan fingerprint density at radius 1 is 1.23 bits per heavy atom. The lowest BCUT2D eigenvalue weighted by Crippen LogP contribution is -2.42. The highest BCUT2D eigenvalue weighted by molar-refractivity contribution is 14.0. The number of nitrogens with one attached hydrogen (secondary N) is 2. The van der Waals surface area contributed by atoms with Gasteiger partial charge in [-0.2, -0.15) is 0 Å². The molecule has 30 heavy (non-hydrogen) atoms. The molecule has 1 heterocycles. The molecule has 0 fully saturated rings. The van der Waals surface area contributed by atoms with Crippen LogP contribution in [-0.4, -0.2) is 53.9 Å². The lowest BCUT2D eigenvalue weighted by Gasteiger charge is -2.28. The third-order valence-electron chi connectivity index (χ3n) is 4.54. The second-order valence-electron chi connectivity index (χ2n) is 8.09. The molecule has 1 aromatic rings. The van der Waals surface area contributed by atoms with Crippen molar-refractivity contribution < 1.29 is 14.1 Å². The van der Waals surface area contributed by atoms with E-state index in [1.807, 2.05) is 34.6 Å². The van der Waals surface area contributed by atoms with E-state index in [0.29, 0.717) is 13.1 Å². The number of ether oxygens (including phenoxy) is 1. The van der Waals surface area contributed by atoms with E-state index in [-0.39, 0.29) is 36.1 Å². The summed E-state index contributed by atoms with van der Waals surface area (Å²) in [5, 5.41) is 10.7. The third-order valence-corrected chi connectivity index (χ3v) is 4.54. The fourth-order valence-electron chi connectivity index (χ4n) is 2.72. The second kappa shape index (κ2) is 13.7. The van der Waals surface area contributed by atoms with Crippen LogP contribution in [0.3, 0.4) is 0 Å². The number of aryl methyl sites for hydroxylation is 2. The minimum absolute atomic E-state index is 0. The molecule has 0 saturated carbocycles. The normalized spacial score (nSPS) is 12.7. The number of carbonyl (C=O) groups excluding carboxylic acids is 1. The highest BCUT2D eigenvalue weighted by Gasteiger charge is 2.22. The van der Waals surface area contributed by atoms with E-state index < -0.39 is 5.60 Å². The van der Waals surface area contributed by atoms with E-state index >= 15 is 0 Å². The van der Waals surface area contributed by atoms with E-state index in [1.165, 1.54) is 0 Å². The van der Waals surface area contributed by atoms with Gasteiger partial charge in [0.25, 0.3) is 0 Å². The highest BCUT2D eigenvalue weighted by Crippen LogP contribution is 2.17. The number of nitrogens with zero attached hydrogens (tertiary/aromatic N) is 3. The van der Waals surface area contributed by atoms with Gasteiger partial charge < -0.3 is 24.8 Å². The van der Waals surface area contributed by atoms with E-state index in [4.69, 9.17) is 9.26 Å². The van der Waals surface area contributed by atoms with Crippen LogP contribution < -0.4 is 10.6 Å². The summed E-state index contributed by atoms with van der Waals surface area (Å²) in [7, 11) is 1.77. The molecule has 0 aromatic carbocycles. The molecular weight excluding hydrogens is 497 g/mol. The summed E-state index contributed by atoms with van der Waals surface area (Å²) in [6, 6.07) is 0.0386. The standard InChI is InChI=1S/C21H39N5O3.HI/c1-9-17-16(18(10-2)29-25-17)14-24-19(22-11-3)23-13-12-15(4)26(8)20(27)28-21(5,6)7;/h15H,9-14H2,1-8H3,(H2,22,23,24);1H. The molecule has 0 aliphatic heterocycles. The Morgan fingerprint density at radius 2 is 1.90 bits per heavy atom. The zero-order chi connectivity index (χ0) is 22.0. The van der Waals surface area contributed by atoms with E-state index in [2.05, 4.69) is 34.6 Å². The van der Waals surface area contributed by atoms with Crippen molar-refractivity contribution >= 4 is 36.0 Å². The fraction of sp³-hybridized carbons (Fsp3) is 0.762. The first kappa shape index (κ1) is 28.5. The molecule has 1 atom stereocenters. The first-order chi connectivity index (χ1) is 13.6. The molecule has 1 unspecified atom stereocenters. The van der Waals surface area contributed by atoms with Gasteiger partial charge in [0.1, 0.15) is 11.4 Å². The van der Waals surface area contributed by atoms with Crippen LogP contribution in [0.25, 0.3) is 0 Å². The summed E-state index contributed by atoms with van der Waals surface area (Å²) in [4.78, 5) is 18.5. The van der Waals surface area contributed by atoms with Crippen molar-refractivity contribution in [1.29, 1.82) is 0 Å². The largest absolute Gasteiger partial charge is 0.444 e. The van der Waals surface area contributed by atoms with Crippen LogP contribution in [0.2, 0.25) is 0 Å². The highest BCUT2D eigenvalue weighted by atomic mass is 127. The number of guanidine groups is 1. The van der Waals surface area contributed by atoms with Gasteiger partial charge in [0.15, 0.2) is 5.96 Å². The van der Waals surface area contributed by atoms with Crippen LogP contribution in [0.15, 0.2) is 9.52 Å². The van der Waals surface area contributed by atoms with E-state index in [0.717, 1.165) is 48.8 Å². The summed E-state index contributed by atoms with van der Waals surface area (Å²) in [6.07, 6.45) is 2.09. The Morgan fingerprint density at radius 3 is 2.43 bits per heavy atom. The molecule has 0 bridgehead atoms. The van der Waals surface area contributed by atoms with Gasteiger partial charge in [-0.25, -0.2) is 9.79 Å². The topological polar surface area (TPSA) is 92.0 Å². The van der Waals surface area contributed by atoms with Gasteiger partial charge in [0, 0.05) is 38.2 Å². The van der Waals surface area contributed by atoms with Crippen molar-refractivity contribution in [2.75, 3.05) is 20.1 Å². The molecule has 0 aliphatic carbocycles. The summed E-state index contributed by atoms with van der Waals surface area (Å²) >= 11 is 0. The van der Waals surface area contributed by atoms with E-state index in [9.17, 15) is 4.79 Å². The first-order valence-electron chi connectivity index (χ1n) is 10.6. The van der Waals surface area contributed by atoms with Crippen molar-refractivity contribution in [3.8, 4) is 0 Å². The van der Waals surface area contributed by atoms with Crippen LogP contribution in [0.5, 0.6) is 0 Å². The van der Waals surface area contributed by atoms with Gasteiger partial charge in [0.05, 0.1) is 12.2 Å². The molecular formula is C21H40IN5O3. The van der Waals surface area contributed by atoms with Gasteiger partial charge in [-0.1, -0.05) is 19.0 Å². The molecule has 9 heteroatoms. The first-order valence-corrected chi connectivity index (χ1v) is 10.6. The maximum Gasteiger partial charge on any atom is 0.410 e. The van der Waals surface area contributed by atoms with Crippen LogP contribution in [0, 0.1) is 0 Å². The summed E-state index contributed by atoms with van der Waals surface area (Å²) in [5.74, 6) is 1.64. The van der Waals surface area contributed by atoms with E-state index in [1.54, 1.807) is 11.9 Å². The molecule has 0 spiro atoms. The molecule has 174 valence electrons. The Kier molecular flexibility index (Phi) is 13.0.